The minimum absolute atomic E-state index is 0. The van der Waals surface area contributed by atoms with E-state index < -0.39 is 0 Å². The summed E-state index contributed by atoms with van der Waals surface area (Å²) in [4.78, 5) is 7.06. The van der Waals surface area contributed by atoms with Crippen molar-refractivity contribution in [1.82, 2.24) is 20.4 Å². The number of halogens is 1. The van der Waals surface area contributed by atoms with Gasteiger partial charge >= 0.3 is 0 Å². The molecule has 1 fully saturated rings. The average Bonchev–Trinajstić information content (AvgIpc) is 3.29. The van der Waals surface area contributed by atoms with Gasteiger partial charge in [0.15, 0.2) is 5.96 Å². The van der Waals surface area contributed by atoms with Gasteiger partial charge in [-0.15, -0.1) is 24.0 Å². The predicted octanol–water partition coefficient (Wildman–Crippen LogP) is 2.38. The van der Waals surface area contributed by atoms with Crippen molar-refractivity contribution in [2.24, 2.45) is 12.0 Å². The van der Waals surface area contributed by atoms with Gasteiger partial charge in [-0.3, -0.25) is 4.68 Å². The van der Waals surface area contributed by atoms with Gasteiger partial charge in [-0.2, -0.15) is 5.10 Å². The molecule has 2 heterocycles. The van der Waals surface area contributed by atoms with Crippen LogP contribution in [-0.4, -0.2) is 48.5 Å². The number of aryl methyl sites for hydroxylation is 1. The maximum atomic E-state index is 5.50. The van der Waals surface area contributed by atoms with E-state index in [9.17, 15) is 0 Å². The Morgan fingerprint density at radius 2 is 2.15 bits per heavy atom. The molecule has 0 saturated carbocycles. The predicted molar refractivity (Wildman–Crippen MR) is 120 cm³/mol. The van der Waals surface area contributed by atoms with Gasteiger partial charge in [0, 0.05) is 38.9 Å². The number of para-hydroxylation sites is 2. The number of rotatable bonds is 6. The summed E-state index contributed by atoms with van der Waals surface area (Å²) in [5.41, 5.74) is 2.24. The Balaban J connectivity index is 0.00000261. The van der Waals surface area contributed by atoms with Crippen LogP contribution in [0.15, 0.2) is 41.5 Å². The Kier molecular flexibility index (Phi) is 8.21. The second kappa shape index (κ2) is 10.4. The molecule has 0 radical (unpaired) electrons. The van der Waals surface area contributed by atoms with Crippen LogP contribution in [0.25, 0.3) is 0 Å². The summed E-state index contributed by atoms with van der Waals surface area (Å²) in [5.74, 6) is 1.77. The molecule has 0 bridgehead atoms. The van der Waals surface area contributed by atoms with Crippen LogP contribution in [0.1, 0.15) is 19.0 Å². The van der Waals surface area contributed by atoms with E-state index in [1.54, 1.807) is 13.3 Å². The van der Waals surface area contributed by atoms with Crippen LogP contribution in [0.5, 0.6) is 5.75 Å². The monoisotopic (exact) mass is 484 g/mol. The Labute approximate surface area is 178 Å². The molecule has 2 N–H and O–H groups in total. The lowest BCUT2D eigenvalue weighted by atomic mass is 10.2. The van der Waals surface area contributed by atoms with Gasteiger partial charge in [-0.05, 0) is 31.5 Å². The first-order valence-electron chi connectivity index (χ1n) is 9.11. The van der Waals surface area contributed by atoms with Crippen molar-refractivity contribution >= 4 is 35.6 Å². The summed E-state index contributed by atoms with van der Waals surface area (Å²) in [5, 5.41) is 11.1. The largest absolute Gasteiger partial charge is 0.495 e. The van der Waals surface area contributed by atoms with Crippen molar-refractivity contribution in [2.75, 3.05) is 31.6 Å². The van der Waals surface area contributed by atoms with Crippen molar-refractivity contribution in [1.29, 1.82) is 0 Å². The summed E-state index contributed by atoms with van der Waals surface area (Å²) >= 11 is 0. The fraction of sp³-hybridized carbons (Fsp3) is 0.474. The summed E-state index contributed by atoms with van der Waals surface area (Å²) in [6, 6.07) is 10.5. The van der Waals surface area contributed by atoms with Crippen LogP contribution < -0.4 is 20.3 Å². The van der Waals surface area contributed by atoms with Crippen molar-refractivity contribution in [2.45, 2.75) is 25.9 Å². The standard InChI is InChI=1S/C19H28N6O.HI/c1-4-20-19(21-13-16-9-11-22-24(16)2)23-15-10-12-25(14-15)17-7-5-6-8-18(17)26-3;/h5-9,11,15H,4,10,12-14H2,1-3H3,(H2,20,21,23);1H. The third kappa shape index (κ3) is 5.50. The van der Waals surface area contributed by atoms with Gasteiger partial charge in [-0.25, -0.2) is 4.99 Å². The fourth-order valence-electron chi connectivity index (χ4n) is 3.22. The van der Waals surface area contributed by atoms with E-state index in [0.29, 0.717) is 12.6 Å². The van der Waals surface area contributed by atoms with E-state index in [0.717, 1.165) is 49.1 Å². The molecule has 0 aliphatic carbocycles. The zero-order chi connectivity index (χ0) is 18.4. The van der Waals surface area contributed by atoms with Gasteiger partial charge in [0.25, 0.3) is 0 Å². The Morgan fingerprint density at radius 3 is 2.85 bits per heavy atom. The van der Waals surface area contributed by atoms with Crippen molar-refractivity contribution in [3.05, 3.63) is 42.2 Å². The topological polar surface area (TPSA) is 66.7 Å². The average molecular weight is 484 g/mol. The van der Waals surface area contributed by atoms with Crippen molar-refractivity contribution in [3.63, 3.8) is 0 Å². The quantitative estimate of drug-likeness (QED) is 0.375. The molecular formula is C19H29IN6O. The molecule has 148 valence electrons. The summed E-state index contributed by atoms with van der Waals surface area (Å²) in [6.07, 6.45) is 2.86. The molecule has 2 aromatic rings. The van der Waals surface area contributed by atoms with Crippen molar-refractivity contribution in [3.8, 4) is 5.75 Å². The number of hydrogen-bond acceptors (Lipinski definition) is 4. The smallest absolute Gasteiger partial charge is 0.191 e. The maximum Gasteiger partial charge on any atom is 0.191 e. The van der Waals surface area contributed by atoms with E-state index in [2.05, 4.69) is 39.7 Å². The number of benzene rings is 1. The lowest BCUT2D eigenvalue weighted by Gasteiger charge is -2.22. The van der Waals surface area contributed by atoms with Crippen LogP contribution in [0.4, 0.5) is 5.69 Å². The first kappa shape index (κ1) is 21.3. The highest BCUT2D eigenvalue weighted by molar-refractivity contribution is 14.0. The first-order chi connectivity index (χ1) is 12.7. The molecule has 1 aliphatic heterocycles. The number of aromatic nitrogens is 2. The zero-order valence-electron chi connectivity index (χ0n) is 16.2. The Bertz CT molecular complexity index is 747. The molecule has 1 aliphatic rings. The number of guanidine groups is 1. The van der Waals surface area contributed by atoms with Crippen LogP contribution >= 0.6 is 24.0 Å². The number of anilines is 1. The highest BCUT2D eigenvalue weighted by atomic mass is 127. The normalized spacial score (nSPS) is 16.8. The lowest BCUT2D eigenvalue weighted by molar-refractivity contribution is 0.415. The number of aliphatic imine (C=N–C) groups is 1. The second-order valence-corrected chi connectivity index (χ2v) is 6.39. The summed E-state index contributed by atoms with van der Waals surface area (Å²) in [7, 11) is 3.66. The molecule has 7 nitrogen and oxygen atoms in total. The molecule has 27 heavy (non-hydrogen) atoms. The third-order valence-electron chi connectivity index (χ3n) is 4.62. The van der Waals surface area contributed by atoms with Crippen LogP contribution in [-0.2, 0) is 13.6 Å². The fourth-order valence-corrected chi connectivity index (χ4v) is 3.22. The molecule has 0 amide bonds. The van der Waals surface area contributed by atoms with Crippen LogP contribution in [0.3, 0.4) is 0 Å². The van der Waals surface area contributed by atoms with Crippen LogP contribution in [0.2, 0.25) is 0 Å². The molecule has 1 aromatic heterocycles. The zero-order valence-corrected chi connectivity index (χ0v) is 18.5. The number of hydrogen-bond donors (Lipinski definition) is 2. The first-order valence-corrected chi connectivity index (χ1v) is 9.11. The third-order valence-corrected chi connectivity index (χ3v) is 4.62. The molecule has 3 rings (SSSR count). The van der Waals surface area contributed by atoms with E-state index in [4.69, 9.17) is 9.73 Å². The molecular weight excluding hydrogens is 455 g/mol. The van der Waals surface area contributed by atoms with Gasteiger partial charge in [0.2, 0.25) is 0 Å². The van der Waals surface area contributed by atoms with Gasteiger partial charge < -0.3 is 20.3 Å². The van der Waals surface area contributed by atoms with Gasteiger partial charge in [-0.1, -0.05) is 12.1 Å². The van der Waals surface area contributed by atoms with E-state index >= 15 is 0 Å². The Hall–Kier alpha value is -1.97. The molecule has 1 aromatic carbocycles. The summed E-state index contributed by atoms with van der Waals surface area (Å²) in [6.45, 7) is 5.45. The maximum absolute atomic E-state index is 5.50. The molecule has 1 unspecified atom stereocenters. The number of nitrogens with one attached hydrogen (secondary N) is 2. The molecule has 1 atom stereocenters. The lowest BCUT2D eigenvalue weighted by Crippen LogP contribution is -2.44. The number of ether oxygens (including phenoxy) is 1. The minimum Gasteiger partial charge on any atom is -0.495 e. The number of nitrogens with zero attached hydrogens (tertiary/aromatic N) is 4. The summed E-state index contributed by atoms with van der Waals surface area (Å²) < 4.78 is 7.35. The number of methoxy groups -OCH3 is 1. The second-order valence-electron chi connectivity index (χ2n) is 6.39. The van der Waals surface area contributed by atoms with Gasteiger partial charge in [0.05, 0.1) is 25.0 Å². The highest BCUT2D eigenvalue weighted by Crippen LogP contribution is 2.30. The minimum atomic E-state index is 0. The van der Waals surface area contributed by atoms with E-state index in [-0.39, 0.29) is 24.0 Å². The molecule has 1 saturated heterocycles. The van der Waals surface area contributed by atoms with E-state index in [1.807, 2.05) is 29.9 Å². The SMILES string of the molecule is CCNC(=NCc1ccnn1C)NC1CCN(c2ccccc2OC)C1.I. The van der Waals surface area contributed by atoms with Gasteiger partial charge in [0.1, 0.15) is 5.75 Å². The Morgan fingerprint density at radius 1 is 1.33 bits per heavy atom. The molecule has 0 spiro atoms. The van der Waals surface area contributed by atoms with Crippen LogP contribution in [0, 0.1) is 0 Å². The highest BCUT2D eigenvalue weighted by Gasteiger charge is 2.25. The molecule has 8 heteroatoms. The van der Waals surface area contributed by atoms with E-state index in [1.165, 1.54) is 0 Å². The van der Waals surface area contributed by atoms with Crippen molar-refractivity contribution < 1.29 is 4.74 Å².